The van der Waals surface area contributed by atoms with Crippen LogP contribution in [0.3, 0.4) is 0 Å². The molecule has 2 aromatic carbocycles. The van der Waals surface area contributed by atoms with Gasteiger partial charge in [0.25, 0.3) is 0 Å². The summed E-state index contributed by atoms with van der Waals surface area (Å²) in [4.78, 5) is 34.9. The summed E-state index contributed by atoms with van der Waals surface area (Å²) in [5, 5.41) is 6.17. The molecule has 0 fully saturated rings. The highest BCUT2D eigenvalue weighted by molar-refractivity contribution is 6.35. The molecule has 0 radical (unpaired) electrons. The molecule has 134 valence electrons. The highest BCUT2D eigenvalue weighted by atomic mass is 16.5. The summed E-state index contributed by atoms with van der Waals surface area (Å²) >= 11 is 0. The van der Waals surface area contributed by atoms with Crippen molar-refractivity contribution in [1.29, 1.82) is 0 Å². The molecule has 0 spiro atoms. The lowest BCUT2D eigenvalue weighted by Crippen LogP contribution is -2.41. The Labute approximate surface area is 151 Å². The Bertz CT molecular complexity index is 799. The molecule has 0 aliphatic rings. The van der Waals surface area contributed by atoms with Crippen molar-refractivity contribution in [3.8, 4) is 5.75 Å². The van der Waals surface area contributed by atoms with E-state index in [4.69, 9.17) is 4.74 Å². The van der Waals surface area contributed by atoms with Crippen LogP contribution in [0.4, 0.5) is 0 Å². The van der Waals surface area contributed by atoms with Gasteiger partial charge in [-0.15, -0.1) is 0 Å². The van der Waals surface area contributed by atoms with Gasteiger partial charge in [-0.3, -0.25) is 9.59 Å². The van der Waals surface area contributed by atoms with Crippen LogP contribution in [0.15, 0.2) is 59.7 Å². The van der Waals surface area contributed by atoms with E-state index in [1.165, 1.54) is 6.21 Å². The number of nitrogens with zero attached hydrogens (tertiary/aromatic N) is 1. The lowest BCUT2D eigenvalue weighted by atomic mass is 10.2. The first-order valence-electron chi connectivity index (χ1n) is 7.97. The zero-order valence-electron chi connectivity index (χ0n) is 14.4. The third-order valence-electron chi connectivity index (χ3n) is 3.11. The van der Waals surface area contributed by atoms with Crippen LogP contribution >= 0.6 is 0 Å². The average molecular weight is 353 g/mol. The molecule has 0 saturated carbocycles. The number of hydrogen-bond acceptors (Lipinski definition) is 5. The van der Waals surface area contributed by atoms with Gasteiger partial charge in [0.15, 0.2) is 0 Å². The maximum atomic E-state index is 12.0. The van der Waals surface area contributed by atoms with Crippen LogP contribution in [0.1, 0.15) is 29.8 Å². The summed E-state index contributed by atoms with van der Waals surface area (Å²) in [5.41, 5.74) is 3.26. The topological polar surface area (TPSA) is 96.9 Å². The van der Waals surface area contributed by atoms with Crippen LogP contribution in [-0.2, 0) is 9.59 Å². The van der Waals surface area contributed by atoms with E-state index >= 15 is 0 Å². The number of rotatable bonds is 5. The number of hydrazone groups is 1. The smallest absolute Gasteiger partial charge is 0.343 e. The summed E-state index contributed by atoms with van der Waals surface area (Å²) in [6.07, 6.45) is 1.38. The predicted molar refractivity (Wildman–Crippen MR) is 96.9 cm³/mol. The summed E-state index contributed by atoms with van der Waals surface area (Å²) in [6.45, 7) is 3.50. The Morgan fingerprint density at radius 1 is 0.962 bits per heavy atom. The molecular formula is C19H19N3O4. The van der Waals surface area contributed by atoms with Crippen LogP contribution in [0, 0.1) is 0 Å². The van der Waals surface area contributed by atoms with E-state index in [1.807, 2.05) is 6.07 Å². The van der Waals surface area contributed by atoms with Gasteiger partial charge < -0.3 is 10.1 Å². The van der Waals surface area contributed by atoms with Crippen LogP contribution in [0.25, 0.3) is 0 Å². The molecule has 0 heterocycles. The Kier molecular flexibility index (Phi) is 6.61. The third kappa shape index (κ3) is 5.86. The van der Waals surface area contributed by atoms with Crippen molar-refractivity contribution in [2.45, 2.75) is 19.9 Å². The Morgan fingerprint density at radius 2 is 1.62 bits per heavy atom. The zero-order valence-corrected chi connectivity index (χ0v) is 14.4. The lowest BCUT2D eigenvalue weighted by Gasteiger charge is -2.06. The van der Waals surface area contributed by atoms with Gasteiger partial charge in [-0.1, -0.05) is 18.2 Å². The van der Waals surface area contributed by atoms with Crippen molar-refractivity contribution in [2.75, 3.05) is 0 Å². The standard InChI is InChI=1S/C19H19N3O4/c1-13(2)21-17(23)18(24)22-20-12-14-8-10-16(11-9-14)26-19(25)15-6-4-3-5-7-15/h3-13H,1-2H3,(H,21,23)(H,22,24)/b20-12+. The molecule has 0 unspecified atom stereocenters. The largest absolute Gasteiger partial charge is 0.423 e. The maximum Gasteiger partial charge on any atom is 0.343 e. The van der Waals surface area contributed by atoms with E-state index in [0.717, 1.165) is 0 Å². The second kappa shape index (κ2) is 9.12. The lowest BCUT2D eigenvalue weighted by molar-refractivity contribution is -0.139. The van der Waals surface area contributed by atoms with Gasteiger partial charge in [0.1, 0.15) is 5.75 Å². The molecule has 0 saturated heterocycles. The second-order valence-corrected chi connectivity index (χ2v) is 5.65. The molecule has 2 N–H and O–H groups in total. The van der Waals surface area contributed by atoms with E-state index < -0.39 is 17.8 Å². The fourth-order valence-corrected chi connectivity index (χ4v) is 1.91. The summed E-state index contributed by atoms with van der Waals surface area (Å²) < 4.78 is 5.26. The minimum Gasteiger partial charge on any atom is -0.423 e. The number of carbonyl (C=O) groups is 3. The molecule has 2 amide bonds. The first kappa shape index (κ1) is 18.9. The molecule has 2 rings (SSSR count). The summed E-state index contributed by atoms with van der Waals surface area (Å²) in [5.74, 6) is -1.66. The van der Waals surface area contributed by atoms with Crippen molar-refractivity contribution in [2.24, 2.45) is 5.10 Å². The summed E-state index contributed by atoms with van der Waals surface area (Å²) in [7, 11) is 0. The fourth-order valence-electron chi connectivity index (χ4n) is 1.91. The van der Waals surface area contributed by atoms with Gasteiger partial charge in [0.2, 0.25) is 0 Å². The zero-order chi connectivity index (χ0) is 18.9. The van der Waals surface area contributed by atoms with E-state index in [-0.39, 0.29) is 6.04 Å². The molecule has 0 atom stereocenters. The minimum atomic E-state index is -0.844. The van der Waals surface area contributed by atoms with Crippen molar-refractivity contribution >= 4 is 24.0 Å². The average Bonchev–Trinajstić information content (AvgIpc) is 2.63. The van der Waals surface area contributed by atoms with Crippen LogP contribution < -0.4 is 15.5 Å². The van der Waals surface area contributed by atoms with E-state index in [1.54, 1.807) is 62.4 Å². The molecule has 7 nitrogen and oxygen atoms in total. The monoisotopic (exact) mass is 353 g/mol. The number of nitrogens with one attached hydrogen (secondary N) is 2. The number of ether oxygens (including phenoxy) is 1. The van der Waals surface area contributed by atoms with Crippen LogP contribution in [0.2, 0.25) is 0 Å². The number of carbonyl (C=O) groups excluding carboxylic acids is 3. The molecule has 26 heavy (non-hydrogen) atoms. The molecule has 0 aromatic heterocycles. The molecule has 0 aliphatic heterocycles. The van der Waals surface area contributed by atoms with Crippen LogP contribution in [-0.4, -0.2) is 30.0 Å². The van der Waals surface area contributed by atoms with Crippen molar-refractivity contribution < 1.29 is 19.1 Å². The molecular weight excluding hydrogens is 334 g/mol. The molecule has 2 aromatic rings. The molecule has 0 bridgehead atoms. The van der Waals surface area contributed by atoms with Crippen molar-refractivity contribution in [3.63, 3.8) is 0 Å². The Balaban J connectivity index is 1.88. The van der Waals surface area contributed by atoms with Gasteiger partial charge in [0, 0.05) is 6.04 Å². The second-order valence-electron chi connectivity index (χ2n) is 5.65. The maximum absolute atomic E-state index is 12.0. The normalized spacial score (nSPS) is 10.6. The third-order valence-corrected chi connectivity index (χ3v) is 3.11. The first-order chi connectivity index (χ1) is 12.5. The van der Waals surface area contributed by atoms with Crippen molar-refractivity contribution in [1.82, 2.24) is 10.7 Å². The van der Waals surface area contributed by atoms with E-state index in [0.29, 0.717) is 16.9 Å². The van der Waals surface area contributed by atoms with Gasteiger partial charge in [-0.2, -0.15) is 5.10 Å². The van der Waals surface area contributed by atoms with Gasteiger partial charge in [0.05, 0.1) is 11.8 Å². The minimum absolute atomic E-state index is 0.136. The SMILES string of the molecule is CC(C)NC(=O)C(=O)N/N=C/c1ccc(OC(=O)c2ccccc2)cc1. The first-order valence-corrected chi connectivity index (χ1v) is 7.97. The van der Waals surface area contributed by atoms with Gasteiger partial charge in [-0.05, 0) is 55.8 Å². The highest BCUT2D eigenvalue weighted by Crippen LogP contribution is 2.13. The number of benzene rings is 2. The highest BCUT2D eigenvalue weighted by Gasteiger charge is 2.12. The number of esters is 1. The van der Waals surface area contributed by atoms with Gasteiger partial charge >= 0.3 is 17.8 Å². The number of amides is 2. The van der Waals surface area contributed by atoms with Crippen LogP contribution in [0.5, 0.6) is 5.75 Å². The Hall–Kier alpha value is -3.48. The fraction of sp³-hybridized carbons (Fsp3) is 0.158. The molecule has 0 aliphatic carbocycles. The molecule has 7 heteroatoms. The number of hydrogen-bond donors (Lipinski definition) is 2. The van der Waals surface area contributed by atoms with Crippen molar-refractivity contribution in [3.05, 3.63) is 65.7 Å². The van der Waals surface area contributed by atoms with Gasteiger partial charge in [-0.25, -0.2) is 10.2 Å². The Morgan fingerprint density at radius 3 is 2.23 bits per heavy atom. The quantitative estimate of drug-likeness (QED) is 0.282. The van der Waals surface area contributed by atoms with E-state index in [9.17, 15) is 14.4 Å². The van der Waals surface area contributed by atoms with E-state index in [2.05, 4.69) is 15.8 Å². The summed E-state index contributed by atoms with van der Waals surface area (Å²) in [6, 6.07) is 15.1. The predicted octanol–water partition coefficient (Wildman–Crippen LogP) is 1.88.